The number of hydrogen-bond acceptors (Lipinski definition) is 6. The topological polar surface area (TPSA) is 88.0 Å². The highest BCUT2D eigenvalue weighted by atomic mass is 32.1. The maximum atomic E-state index is 13.0. The number of amides is 1. The number of aliphatic hydroxyl groups is 1. The van der Waals surface area contributed by atoms with Crippen molar-refractivity contribution in [3.63, 3.8) is 0 Å². The Balaban J connectivity index is 1.64. The van der Waals surface area contributed by atoms with E-state index in [0.29, 0.717) is 23.1 Å². The van der Waals surface area contributed by atoms with Crippen molar-refractivity contribution in [1.82, 2.24) is 15.0 Å². The Labute approximate surface area is 206 Å². The van der Waals surface area contributed by atoms with Crippen LogP contribution in [0.4, 0.5) is 18.9 Å². The SMILES string of the molecule is CC(C)[C@H]1CC[C@H](c2nc3cc(C(C)(C)O)c(NC(=O)c4ccnc(C(F)(F)F)n4)cc3s2)CC1. The number of rotatable bonds is 5. The minimum absolute atomic E-state index is 0.306. The molecule has 0 atom stereocenters. The molecule has 0 bridgehead atoms. The van der Waals surface area contributed by atoms with Crippen LogP contribution in [0.15, 0.2) is 24.4 Å². The quantitative estimate of drug-likeness (QED) is 0.412. The van der Waals surface area contributed by atoms with Crippen molar-refractivity contribution >= 4 is 33.1 Å². The molecule has 1 aromatic carbocycles. The van der Waals surface area contributed by atoms with E-state index in [1.807, 2.05) is 0 Å². The Bertz CT molecular complexity index is 1230. The number of nitrogens with zero attached hydrogens (tertiary/aromatic N) is 3. The number of alkyl halides is 3. The van der Waals surface area contributed by atoms with Crippen LogP contribution in [-0.4, -0.2) is 26.0 Å². The summed E-state index contributed by atoms with van der Waals surface area (Å²) >= 11 is 1.56. The summed E-state index contributed by atoms with van der Waals surface area (Å²) in [6, 6.07) is 4.59. The molecule has 2 N–H and O–H groups in total. The van der Waals surface area contributed by atoms with E-state index in [4.69, 9.17) is 4.98 Å². The predicted octanol–water partition coefficient (Wildman–Crippen LogP) is 6.51. The van der Waals surface area contributed by atoms with Gasteiger partial charge < -0.3 is 10.4 Å². The van der Waals surface area contributed by atoms with Gasteiger partial charge in [-0.1, -0.05) is 13.8 Å². The molecule has 0 saturated heterocycles. The predicted molar refractivity (Wildman–Crippen MR) is 129 cm³/mol. The average Bonchev–Trinajstić information content (AvgIpc) is 3.20. The molecule has 1 saturated carbocycles. The van der Waals surface area contributed by atoms with Gasteiger partial charge in [0.1, 0.15) is 5.69 Å². The number of fused-ring (bicyclic) bond motifs is 1. The van der Waals surface area contributed by atoms with Gasteiger partial charge in [-0.05, 0) is 69.6 Å². The van der Waals surface area contributed by atoms with E-state index in [2.05, 4.69) is 29.1 Å². The van der Waals surface area contributed by atoms with E-state index in [1.54, 1.807) is 37.3 Å². The van der Waals surface area contributed by atoms with Crippen LogP contribution in [0.1, 0.15) is 86.2 Å². The first-order valence-corrected chi connectivity index (χ1v) is 12.5. The molecule has 2 heterocycles. The third-order valence-electron chi connectivity index (χ3n) is 6.66. The number of halogens is 3. The summed E-state index contributed by atoms with van der Waals surface area (Å²) in [6.07, 6.45) is 0.648. The fourth-order valence-corrected chi connectivity index (χ4v) is 5.77. The summed E-state index contributed by atoms with van der Waals surface area (Å²) in [7, 11) is 0. The number of hydrogen-bond donors (Lipinski definition) is 2. The van der Waals surface area contributed by atoms with Gasteiger partial charge in [0.05, 0.1) is 20.8 Å². The van der Waals surface area contributed by atoms with Crippen molar-refractivity contribution in [3.8, 4) is 0 Å². The molecule has 6 nitrogen and oxygen atoms in total. The normalized spacial score (nSPS) is 19.3. The van der Waals surface area contributed by atoms with Crippen LogP contribution >= 0.6 is 11.3 Å². The smallest absolute Gasteiger partial charge is 0.386 e. The number of aromatic nitrogens is 3. The zero-order valence-electron chi connectivity index (χ0n) is 20.1. The summed E-state index contributed by atoms with van der Waals surface area (Å²) in [5.41, 5.74) is -0.281. The van der Waals surface area contributed by atoms with Crippen molar-refractivity contribution in [1.29, 1.82) is 0 Å². The van der Waals surface area contributed by atoms with E-state index in [9.17, 15) is 23.1 Å². The fraction of sp³-hybridized carbons (Fsp3) is 0.520. The molecule has 0 spiro atoms. The zero-order chi connectivity index (χ0) is 25.5. The van der Waals surface area contributed by atoms with Gasteiger partial charge in [0.2, 0.25) is 5.82 Å². The zero-order valence-corrected chi connectivity index (χ0v) is 20.9. The third kappa shape index (κ3) is 5.64. The molecule has 1 amide bonds. The highest BCUT2D eigenvalue weighted by Gasteiger charge is 2.35. The van der Waals surface area contributed by atoms with E-state index >= 15 is 0 Å². The average molecular weight is 507 g/mol. The Hall–Kier alpha value is -2.59. The Morgan fingerprint density at radius 3 is 2.43 bits per heavy atom. The number of anilines is 1. The minimum atomic E-state index is -4.76. The molecule has 0 aliphatic heterocycles. The highest BCUT2D eigenvalue weighted by molar-refractivity contribution is 7.18. The lowest BCUT2D eigenvalue weighted by atomic mass is 9.77. The summed E-state index contributed by atoms with van der Waals surface area (Å²) in [4.78, 5) is 24.2. The van der Waals surface area contributed by atoms with Gasteiger partial charge in [-0.2, -0.15) is 13.2 Å². The van der Waals surface area contributed by atoms with Crippen LogP contribution in [0.3, 0.4) is 0 Å². The van der Waals surface area contributed by atoms with Crippen LogP contribution in [0.25, 0.3) is 10.2 Å². The lowest BCUT2D eigenvalue weighted by molar-refractivity contribution is -0.145. The Morgan fingerprint density at radius 1 is 1.14 bits per heavy atom. The van der Waals surface area contributed by atoms with Crippen molar-refractivity contribution in [2.24, 2.45) is 11.8 Å². The van der Waals surface area contributed by atoms with Gasteiger partial charge in [0.15, 0.2) is 0 Å². The fourth-order valence-electron chi connectivity index (χ4n) is 4.62. The summed E-state index contributed by atoms with van der Waals surface area (Å²) in [6.45, 7) is 7.69. The van der Waals surface area contributed by atoms with Crippen LogP contribution in [0, 0.1) is 11.8 Å². The van der Waals surface area contributed by atoms with Crippen molar-refractivity contribution in [3.05, 3.63) is 46.5 Å². The molecule has 10 heteroatoms. The van der Waals surface area contributed by atoms with Crippen LogP contribution < -0.4 is 5.32 Å². The lowest BCUT2D eigenvalue weighted by Gasteiger charge is -2.29. The number of carbonyl (C=O) groups is 1. The maximum Gasteiger partial charge on any atom is 0.451 e. The van der Waals surface area contributed by atoms with Gasteiger partial charge in [0, 0.05) is 23.4 Å². The Kier molecular flexibility index (Phi) is 6.89. The monoisotopic (exact) mass is 506 g/mol. The second-order valence-corrected chi connectivity index (χ2v) is 11.1. The van der Waals surface area contributed by atoms with Gasteiger partial charge in [0.25, 0.3) is 5.91 Å². The molecular weight excluding hydrogens is 477 g/mol. The molecule has 0 unspecified atom stereocenters. The lowest BCUT2D eigenvalue weighted by Crippen LogP contribution is -2.22. The molecule has 188 valence electrons. The highest BCUT2D eigenvalue weighted by Crippen LogP contribution is 2.42. The number of thiazole rings is 1. The second-order valence-electron chi connectivity index (χ2n) is 10.0. The molecule has 1 aliphatic rings. The number of nitrogens with one attached hydrogen (secondary N) is 1. The van der Waals surface area contributed by atoms with Gasteiger partial charge >= 0.3 is 6.18 Å². The minimum Gasteiger partial charge on any atom is -0.386 e. The van der Waals surface area contributed by atoms with Gasteiger partial charge in [-0.3, -0.25) is 4.79 Å². The molecule has 3 aromatic rings. The summed E-state index contributed by atoms with van der Waals surface area (Å²) in [5.74, 6) is -0.409. The molecule has 1 fully saturated rings. The van der Waals surface area contributed by atoms with Gasteiger partial charge in [-0.15, -0.1) is 11.3 Å². The first-order chi connectivity index (χ1) is 16.3. The first kappa shape index (κ1) is 25.5. The van der Waals surface area contributed by atoms with Crippen LogP contribution in [0.5, 0.6) is 0 Å². The number of benzene rings is 1. The van der Waals surface area contributed by atoms with Crippen molar-refractivity contribution in [2.45, 2.75) is 71.1 Å². The molecule has 4 rings (SSSR count). The van der Waals surface area contributed by atoms with Crippen molar-refractivity contribution in [2.75, 3.05) is 5.32 Å². The van der Waals surface area contributed by atoms with Crippen LogP contribution in [0.2, 0.25) is 0 Å². The largest absolute Gasteiger partial charge is 0.451 e. The summed E-state index contributed by atoms with van der Waals surface area (Å²) < 4.78 is 39.8. The maximum absolute atomic E-state index is 13.0. The first-order valence-electron chi connectivity index (χ1n) is 11.7. The van der Waals surface area contributed by atoms with E-state index in [1.165, 1.54) is 12.8 Å². The third-order valence-corrected chi connectivity index (χ3v) is 7.84. The van der Waals surface area contributed by atoms with E-state index < -0.39 is 29.2 Å². The molecular formula is C25H29F3N4O2S. The standard InChI is InChI=1S/C25H29F3N4O2S/c1-13(2)14-5-7-15(8-6-14)22-31-19-11-16(24(3,4)34)18(12-20(19)35-22)30-21(33)17-9-10-29-23(32-17)25(26,27)28/h9-15,34H,5-8H2,1-4H3,(H,30,33)/t14-,15-. The number of carbonyl (C=O) groups excluding carboxylic acids is 1. The molecule has 0 radical (unpaired) electrons. The van der Waals surface area contributed by atoms with Gasteiger partial charge in [-0.25, -0.2) is 15.0 Å². The molecule has 35 heavy (non-hydrogen) atoms. The van der Waals surface area contributed by atoms with Crippen LogP contribution in [-0.2, 0) is 11.8 Å². The Morgan fingerprint density at radius 2 is 1.83 bits per heavy atom. The van der Waals surface area contributed by atoms with Crippen molar-refractivity contribution < 1.29 is 23.1 Å². The van der Waals surface area contributed by atoms with E-state index in [0.717, 1.165) is 46.2 Å². The molecule has 1 aliphatic carbocycles. The summed E-state index contributed by atoms with van der Waals surface area (Å²) in [5, 5.41) is 14.4. The van der Waals surface area contributed by atoms with E-state index in [-0.39, 0.29) is 0 Å². The second kappa shape index (κ2) is 9.46. The molecule has 2 aromatic heterocycles.